The monoisotopic (exact) mass is 346 g/mol. The van der Waals surface area contributed by atoms with E-state index in [9.17, 15) is 5.11 Å². The van der Waals surface area contributed by atoms with Gasteiger partial charge in [0.1, 0.15) is 5.75 Å². The van der Waals surface area contributed by atoms with Crippen molar-refractivity contribution in [2.75, 3.05) is 7.11 Å². The maximum absolute atomic E-state index is 10.4. The fourth-order valence-corrected chi connectivity index (χ4v) is 2.98. The average Bonchev–Trinajstić information content (AvgIpc) is 3.34. The van der Waals surface area contributed by atoms with Gasteiger partial charge in [-0.1, -0.05) is 40.2 Å². The summed E-state index contributed by atoms with van der Waals surface area (Å²) in [5, 5.41) is 10.4. The van der Waals surface area contributed by atoms with Crippen molar-refractivity contribution in [3.05, 3.63) is 63.6 Å². The lowest BCUT2D eigenvalue weighted by Gasteiger charge is -2.14. The molecule has 2 nitrogen and oxygen atoms in total. The lowest BCUT2D eigenvalue weighted by Crippen LogP contribution is -2.03. The quantitative estimate of drug-likeness (QED) is 0.856. The molecule has 1 fully saturated rings. The van der Waals surface area contributed by atoms with Gasteiger partial charge in [-0.2, -0.15) is 0 Å². The third-order valence-electron chi connectivity index (χ3n) is 4.04. The van der Waals surface area contributed by atoms with Crippen molar-refractivity contribution in [3.8, 4) is 5.75 Å². The number of ether oxygens (including phenoxy) is 1. The van der Waals surface area contributed by atoms with E-state index in [0.717, 1.165) is 27.3 Å². The topological polar surface area (TPSA) is 29.5 Å². The van der Waals surface area contributed by atoms with Crippen molar-refractivity contribution in [1.29, 1.82) is 0 Å². The Labute approximate surface area is 133 Å². The van der Waals surface area contributed by atoms with E-state index >= 15 is 0 Å². The van der Waals surface area contributed by atoms with Gasteiger partial charge in [-0.3, -0.25) is 0 Å². The van der Waals surface area contributed by atoms with Crippen LogP contribution in [0.3, 0.4) is 0 Å². The fraction of sp³-hybridized carbons (Fsp3) is 0.333. The second kappa shape index (κ2) is 6.20. The molecule has 110 valence electrons. The number of hydrogen-bond donors (Lipinski definition) is 1. The van der Waals surface area contributed by atoms with Crippen LogP contribution in [0.2, 0.25) is 0 Å². The van der Waals surface area contributed by atoms with Gasteiger partial charge in [-0.05, 0) is 53.6 Å². The molecule has 0 heterocycles. The Hall–Kier alpha value is -1.32. The molecule has 0 saturated heterocycles. The van der Waals surface area contributed by atoms with Crippen LogP contribution in [-0.4, -0.2) is 12.2 Å². The number of aliphatic hydroxyl groups is 1. The molecule has 2 aromatic carbocycles. The van der Waals surface area contributed by atoms with E-state index in [1.54, 1.807) is 7.11 Å². The zero-order chi connectivity index (χ0) is 14.8. The summed E-state index contributed by atoms with van der Waals surface area (Å²) in [5.41, 5.74) is 3.41. The van der Waals surface area contributed by atoms with Crippen LogP contribution >= 0.6 is 15.9 Å². The van der Waals surface area contributed by atoms with Crippen molar-refractivity contribution in [1.82, 2.24) is 0 Å². The van der Waals surface area contributed by atoms with Crippen molar-refractivity contribution in [2.45, 2.75) is 31.3 Å². The first kappa shape index (κ1) is 14.6. The minimum absolute atomic E-state index is 0.498. The molecule has 2 aromatic rings. The highest BCUT2D eigenvalue weighted by Crippen LogP contribution is 2.40. The lowest BCUT2D eigenvalue weighted by atomic mass is 9.99. The molecule has 0 bridgehead atoms. The molecule has 3 rings (SSSR count). The molecule has 0 radical (unpaired) electrons. The molecule has 0 aromatic heterocycles. The summed E-state index contributed by atoms with van der Waals surface area (Å²) in [6.07, 6.45) is 2.68. The molecule has 1 aliphatic carbocycles. The normalized spacial score (nSPS) is 15.8. The smallest absolute Gasteiger partial charge is 0.119 e. The highest BCUT2D eigenvalue weighted by atomic mass is 79.9. The second-order valence-corrected chi connectivity index (χ2v) is 6.47. The van der Waals surface area contributed by atoms with Crippen molar-refractivity contribution in [2.24, 2.45) is 0 Å². The van der Waals surface area contributed by atoms with Crippen molar-refractivity contribution >= 4 is 15.9 Å². The standard InChI is InChI=1S/C18H19BrO2/c1-21-16-8-9-17(19)15(10-16)11-18(20)14-6-4-13(5-7-14)12-2-3-12/h4-10,12,18,20H,2-3,11H2,1H3. The van der Waals surface area contributed by atoms with E-state index in [1.807, 2.05) is 30.3 Å². The molecule has 1 saturated carbocycles. The Bertz CT molecular complexity index is 618. The summed E-state index contributed by atoms with van der Waals surface area (Å²) in [6.45, 7) is 0. The highest BCUT2D eigenvalue weighted by Gasteiger charge is 2.23. The second-order valence-electron chi connectivity index (χ2n) is 5.62. The van der Waals surface area contributed by atoms with Crippen LogP contribution in [0.15, 0.2) is 46.9 Å². The van der Waals surface area contributed by atoms with Crippen LogP contribution in [0.4, 0.5) is 0 Å². The number of benzene rings is 2. The first-order valence-corrected chi connectivity index (χ1v) is 8.07. The average molecular weight is 347 g/mol. The SMILES string of the molecule is COc1ccc(Br)c(CC(O)c2ccc(C3CC3)cc2)c1. The maximum Gasteiger partial charge on any atom is 0.119 e. The summed E-state index contributed by atoms with van der Waals surface area (Å²) in [6, 6.07) is 14.2. The maximum atomic E-state index is 10.4. The number of hydrogen-bond acceptors (Lipinski definition) is 2. The van der Waals surface area contributed by atoms with E-state index in [-0.39, 0.29) is 0 Å². The molecule has 21 heavy (non-hydrogen) atoms. The largest absolute Gasteiger partial charge is 0.497 e. The van der Waals surface area contributed by atoms with Crippen LogP contribution in [0.1, 0.15) is 41.6 Å². The summed E-state index contributed by atoms with van der Waals surface area (Å²) < 4.78 is 6.24. The van der Waals surface area contributed by atoms with Gasteiger partial charge in [-0.15, -0.1) is 0 Å². The molecular formula is C18H19BrO2. The van der Waals surface area contributed by atoms with E-state index in [1.165, 1.54) is 18.4 Å². The minimum atomic E-state index is -0.498. The molecule has 0 amide bonds. The third kappa shape index (κ3) is 3.47. The first-order chi connectivity index (χ1) is 10.2. The molecule has 0 aliphatic heterocycles. The first-order valence-electron chi connectivity index (χ1n) is 7.27. The molecule has 1 unspecified atom stereocenters. The van der Waals surface area contributed by atoms with E-state index in [0.29, 0.717) is 6.42 Å². The van der Waals surface area contributed by atoms with Gasteiger partial charge in [0, 0.05) is 10.9 Å². The molecule has 1 N–H and O–H groups in total. The number of halogens is 1. The Balaban J connectivity index is 1.74. The predicted octanol–water partition coefficient (Wildman–Crippen LogP) is 4.61. The lowest BCUT2D eigenvalue weighted by molar-refractivity contribution is 0.178. The molecule has 1 atom stereocenters. The van der Waals surface area contributed by atoms with Gasteiger partial charge in [-0.25, -0.2) is 0 Å². The molecule has 0 spiro atoms. The van der Waals surface area contributed by atoms with Crippen LogP contribution in [0.5, 0.6) is 5.75 Å². The van der Waals surface area contributed by atoms with Gasteiger partial charge in [0.05, 0.1) is 13.2 Å². The fourth-order valence-electron chi connectivity index (χ4n) is 2.57. The zero-order valence-electron chi connectivity index (χ0n) is 12.1. The van der Waals surface area contributed by atoms with Crippen LogP contribution in [-0.2, 0) is 6.42 Å². The van der Waals surface area contributed by atoms with E-state index in [4.69, 9.17) is 4.74 Å². The van der Waals surface area contributed by atoms with Crippen LogP contribution in [0.25, 0.3) is 0 Å². The van der Waals surface area contributed by atoms with Crippen molar-refractivity contribution in [3.63, 3.8) is 0 Å². The van der Waals surface area contributed by atoms with Crippen LogP contribution < -0.4 is 4.74 Å². The Morgan fingerprint density at radius 3 is 2.52 bits per heavy atom. The molecule has 1 aliphatic rings. The Morgan fingerprint density at radius 1 is 1.19 bits per heavy atom. The predicted molar refractivity (Wildman–Crippen MR) is 87.8 cm³/mol. The van der Waals surface area contributed by atoms with E-state index < -0.39 is 6.10 Å². The Morgan fingerprint density at radius 2 is 1.90 bits per heavy atom. The summed E-state index contributed by atoms with van der Waals surface area (Å²) in [7, 11) is 1.65. The zero-order valence-corrected chi connectivity index (χ0v) is 13.6. The number of aliphatic hydroxyl groups excluding tert-OH is 1. The van der Waals surface area contributed by atoms with E-state index in [2.05, 4.69) is 28.1 Å². The minimum Gasteiger partial charge on any atom is -0.497 e. The Kier molecular flexibility index (Phi) is 4.32. The van der Waals surface area contributed by atoms with Gasteiger partial charge >= 0.3 is 0 Å². The number of rotatable bonds is 5. The van der Waals surface area contributed by atoms with Crippen molar-refractivity contribution < 1.29 is 9.84 Å². The summed E-state index contributed by atoms with van der Waals surface area (Å²) in [4.78, 5) is 0. The van der Waals surface area contributed by atoms with Gasteiger partial charge < -0.3 is 9.84 Å². The number of methoxy groups -OCH3 is 1. The summed E-state index contributed by atoms with van der Waals surface area (Å²) >= 11 is 3.53. The van der Waals surface area contributed by atoms with Crippen LogP contribution in [0, 0.1) is 0 Å². The molecular weight excluding hydrogens is 328 g/mol. The van der Waals surface area contributed by atoms with Gasteiger partial charge in [0.15, 0.2) is 0 Å². The highest BCUT2D eigenvalue weighted by molar-refractivity contribution is 9.10. The van der Waals surface area contributed by atoms with Gasteiger partial charge in [0.25, 0.3) is 0 Å². The molecule has 3 heteroatoms. The third-order valence-corrected chi connectivity index (χ3v) is 4.81. The summed E-state index contributed by atoms with van der Waals surface area (Å²) in [5.74, 6) is 1.56. The van der Waals surface area contributed by atoms with Gasteiger partial charge in [0.2, 0.25) is 0 Å².